The number of carbonyl (C=O) groups is 1. The van der Waals surface area contributed by atoms with E-state index in [0.29, 0.717) is 33.4 Å². The van der Waals surface area contributed by atoms with Crippen molar-refractivity contribution in [2.75, 3.05) is 0 Å². The number of carboxylic acids is 1. The van der Waals surface area contributed by atoms with Gasteiger partial charge in [-0.2, -0.15) is 0 Å². The van der Waals surface area contributed by atoms with Crippen LogP contribution in [-0.2, 0) is 11.2 Å². The summed E-state index contributed by atoms with van der Waals surface area (Å²) >= 11 is 0. The topological polar surface area (TPSA) is 163 Å². The van der Waals surface area contributed by atoms with Crippen molar-refractivity contribution in [3.8, 4) is 0 Å². The molecule has 0 amide bonds. The minimum Gasteiger partial charge on any atom is -0.481 e. The Kier molecular flexibility index (Phi) is 6.99. The summed E-state index contributed by atoms with van der Waals surface area (Å²) in [5.41, 5.74) is 13.2. The largest absolute Gasteiger partial charge is 0.481 e. The van der Waals surface area contributed by atoms with Gasteiger partial charge < -0.3 is 25.4 Å². The average molecular weight is 463 g/mol. The van der Waals surface area contributed by atoms with Crippen molar-refractivity contribution in [3.05, 3.63) is 71.2 Å². The standard InChI is InChI=1S/C21H18N4O4.2ClH/c22-19(23)10-1-3-16-12(5-10)7-14(28-16)9-15(21(26)27)18-8-13-6-11(20(24)25)2-4-17(13)29-18;;/h1-8,15H,9H2,(H3,22,23)(H3,24,25)(H,26,27);2*1H. The number of nitrogens with one attached hydrogen (secondary N) is 2. The second-order valence-electron chi connectivity index (χ2n) is 6.79. The van der Waals surface area contributed by atoms with Gasteiger partial charge in [0.15, 0.2) is 0 Å². The quantitative estimate of drug-likeness (QED) is 0.214. The van der Waals surface area contributed by atoms with Crippen LogP contribution in [0.2, 0.25) is 0 Å². The number of carboxylic acid groups (broad SMARTS) is 1. The van der Waals surface area contributed by atoms with Crippen molar-refractivity contribution in [2.45, 2.75) is 12.3 Å². The van der Waals surface area contributed by atoms with Crippen molar-refractivity contribution in [2.24, 2.45) is 11.5 Å². The van der Waals surface area contributed by atoms with Crippen molar-refractivity contribution < 1.29 is 18.7 Å². The molecule has 1 unspecified atom stereocenters. The molecule has 0 saturated heterocycles. The summed E-state index contributed by atoms with van der Waals surface area (Å²) in [5, 5.41) is 26.2. The number of nitrogens with two attached hydrogens (primary N) is 2. The minimum atomic E-state index is -1.04. The van der Waals surface area contributed by atoms with E-state index in [4.69, 9.17) is 31.1 Å². The third kappa shape index (κ3) is 4.65. The van der Waals surface area contributed by atoms with Crippen LogP contribution in [-0.4, -0.2) is 22.7 Å². The second kappa shape index (κ2) is 9.11. The van der Waals surface area contributed by atoms with E-state index in [2.05, 4.69) is 0 Å². The lowest BCUT2D eigenvalue weighted by molar-refractivity contribution is -0.139. The third-order valence-corrected chi connectivity index (χ3v) is 4.77. The monoisotopic (exact) mass is 462 g/mol. The molecule has 0 bridgehead atoms. The van der Waals surface area contributed by atoms with Crippen LogP contribution in [0.4, 0.5) is 0 Å². The zero-order valence-corrected chi connectivity index (χ0v) is 17.7. The maximum atomic E-state index is 11.9. The van der Waals surface area contributed by atoms with Gasteiger partial charge in [0.25, 0.3) is 0 Å². The zero-order chi connectivity index (χ0) is 20.7. The van der Waals surface area contributed by atoms with E-state index in [9.17, 15) is 9.90 Å². The highest BCUT2D eigenvalue weighted by Crippen LogP contribution is 2.30. The molecular weight excluding hydrogens is 443 g/mol. The molecule has 2 aromatic heterocycles. The summed E-state index contributed by atoms with van der Waals surface area (Å²) in [5.74, 6) is -1.34. The number of amidine groups is 2. The summed E-state index contributed by atoms with van der Waals surface area (Å²) in [6.45, 7) is 0. The Morgan fingerprint density at radius 1 is 0.871 bits per heavy atom. The number of fused-ring (bicyclic) bond motifs is 2. The van der Waals surface area contributed by atoms with E-state index in [-0.39, 0.29) is 48.7 Å². The van der Waals surface area contributed by atoms with Crippen LogP contribution in [0, 0.1) is 10.8 Å². The molecule has 0 fully saturated rings. The molecule has 0 radical (unpaired) electrons. The lowest BCUT2D eigenvalue weighted by Crippen LogP contribution is -2.13. The molecule has 7 N–H and O–H groups in total. The minimum absolute atomic E-state index is 0. The number of hydrogen-bond donors (Lipinski definition) is 5. The SMILES string of the molecule is Cl.Cl.N=C(N)c1ccc2oc(CC(C(=O)O)c3cc4cc(C(=N)N)ccc4o3)cc2c1. The van der Waals surface area contributed by atoms with Gasteiger partial charge in [-0.3, -0.25) is 15.6 Å². The Morgan fingerprint density at radius 2 is 1.39 bits per heavy atom. The van der Waals surface area contributed by atoms with Crippen LogP contribution in [0.15, 0.2) is 57.4 Å². The molecule has 0 aliphatic carbocycles. The van der Waals surface area contributed by atoms with Crippen LogP contribution in [0.1, 0.15) is 28.6 Å². The van der Waals surface area contributed by atoms with E-state index in [0.717, 1.165) is 5.39 Å². The first-order valence-corrected chi connectivity index (χ1v) is 8.79. The molecular formula is C21H20Cl2N4O4. The fraction of sp³-hybridized carbons (Fsp3) is 0.0952. The number of hydrogen-bond acceptors (Lipinski definition) is 5. The first-order valence-electron chi connectivity index (χ1n) is 8.79. The predicted molar refractivity (Wildman–Crippen MR) is 123 cm³/mol. The van der Waals surface area contributed by atoms with Gasteiger partial charge in [-0.1, -0.05) is 0 Å². The summed E-state index contributed by atoms with van der Waals surface area (Å²) in [4.78, 5) is 11.9. The Bertz CT molecular complexity index is 1300. The smallest absolute Gasteiger partial charge is 0.314 e. The lowest BCUT2D eigenvalue weighted by Gasteiger charge is -2.07. The summed E-state index contributed by atoms with van der Waals surface area (Å²) in [7, 11) is 0. The van der Waals surface area contributed by atoms with Crippen LogP contribution in [0.3, 0.4) is 0 Å². The molecule has 31 heavy (non-hydrogen) atoms. The van der Waals surface area contributed by atoms with Crippen LogP contribution in [0.25, 0.3) is 21.9 Å². The van der Waals surface area contributed by atoms with Gasteiger partial charge in [-0.15, -0.1) is 24.8 Å². The van der Waals surface area contributed by atoms with E-state index in [1.54, 1.807) is 48.5 Å². The Balaban J connectivity index is 0.00000171. The maximum Gasteiger partial charge on any atom is 0.314 e. The second-order valence-corrected chi connectivity index (χ2v) is 6.79. The number of furan rings is 2. The van der Waals surface area contributed by atoms with Crippen molar-refractivity contribution in [1.29, 1.82) is 10.8 Å². The molecule has 8 nitrogen and oxygen atoms in total. The van der Waals surface area contributed by atoms with Gasteiger partial charge in [0.2, 0.25) is 0 Å². The Morgan fingerprint density at radius 3 is 1.90 bits per heavy atom. The Hall–Kier alpha value is -3.49. The highest BCUT2D eigenvalue weighted by atomic mass is 35.5. The van der Waals surface area contributed by atoms with Crippen LogP contribution in [0.5, 0.6) is 0 Å². The molecule has 0 aliphatic heterocycles. The number of rotatable bonds is 6. The number of benzene rings is 2. The number of aliphatic carboxylic acids is 1. The third-order valence-electron chi connectivity index (χ3n) is 4.77. The normalized spacial score (nSPS) is 11.5. The van der Waals surface area contributed by atoms with Gasteiger partial charge in [-0.25, -0.2) is 0 Å². The predicted octanol–water partition coefficient (Wildman–Crippen LogP) is 4.00. The molecule has 0 aliphatic rings. The highest BCUT2D eigenvalue weighted by Gasteiger charge is 2.26. The molecule has 2 aromatic carbocycles. The molecule has 0 saturated carbocycles. The van der Waals surface area contributed by atoms with Gasteiger partial charge >= 0.3 is 5.97 Å². The van der Waals surface area contributed by atoms with Crippen molar-refractivity contribution >= 4 is 64.4 Å². The van der Waals surface area contributed by atoms with Crippen LogP contribution < -0.4 is 11.5 Å². The fourth-order valence-electron chi connectivity index (χ4n) is 3.28. The van der Waals surface area contributed by atoms with Gasteiger partial charge in [-0.05, 0) is 48.5 Å². The first-order chi connectivity index (χ1) is 13.8. The molecule has 0 spiro atoms. The summed E-state index contributed by atoms with van der Waals surface area (Å²) in [6.07, 6.45) is 0.0960. The summed E-state index contributed by atoms with van der Waals surface area (Å²) in [6, 6.07) is 13.5. The Labute approximate surface area is 189 Å². The van der Waals surface area contributed by atoms with Crippen molar-refractivity contribution in [1.82, 2.24) is 0 Å². The zero-order valence-electron chi connectivity index (χ0n) is 16.0. The average Bonchev–Trinajstić information content (AvgIpc) is 3.27. The number of nitrogen functional groups attached to an aromatic ring is 2. The van der Waals surface area contributed by atoms with E-state index in [1.165, 1.54) is 0 Å². The number of halogens is 2. The molecule has 162 valence electrons. The highest BCUT2D eigenvalue weighted by molar-refractivity contribution is 5.99. The van der Waals surface area contributed by atoms with Crippen molar-refractivity contribution in [3.63, 3.8) is 0 Å². The van der Waals surface area contributed by atoms with Gasteiger partial charge in [0.1, 0.15) is 40.3 Å². The molecule has 4 aromatic rings. The fourth-order valence-corrected chi connectivity index (χ4v) is 3.28. The molecule has 1 atom stereocenters. The molecule has 4 rings (SSSR count). The van der Waals surface area contributed by atoms with Gasteiger partial charge in [0, 0.05) is 28.3 Å². The molecule has 10 heteroatoms. The molecule has 2 heterocycles. The van der Waals surface area contributed by atoms with Crippen LogP contribution >= 0.6 is 24.8 Å². The van der Waals surface area contributed by atoms with Gasteiger partial charge in [0.05, 0.1) is 0 Å². The lowest BCUT2D eigenvalue weighted by atomic mass is 10.0. The van der Waals surface area contributed by atoms with E-state index in [1.807, 2.05) is 0 Å². The maximum absolute atomic E-state index is 11.9. The first kappa shape index (κ1) is 23.8. The van der Waals surface area contributed by atoms with E-state index < -0.39 is 11.9 Å². The van der Waals surface area contributed by atoms with E-state index >= 15 is 0 Å². The summed E-state index contributed by atoms with van der Waals surface area (Å²) < 4.78 is 11.5.